The Morgan fingerprint density at radius 1 is 1.05 bits per heavy atom. The Bertz CT molecular complexity index is 718. The van der Waals surface area contributed by atoms with Crippen LogP contribution in [-0.2, 0) is 0 Å². The molecule has 2 N–H and O–H groups in total. The predicted molar refractivity (Wildman–Crippen MR) is 79.9 cm³/mol. The summed E-state index contributed by atoms with van der Waals surface area (Å²) in [6, 6.07) is 10.6. The van der Waals surface area contributed by atoms with Gasteiger partial charge in [0.2, 0.25) is 0 Å². The molecule has 0 heterocycles. The number of allylic oxidation sites excluding steroid dienone is 1. The predicted octanol–water partition coefficient (Wildman–Crippen LogP) is 3.64. The first-order chi connectivity index (χ1) is 9.97. The topological polar surface area (TPSA) is 74.6 Å². The summed E-state index contributed by atoms with van der Waals surface area (Å²) >= 11 is 5.76. The molecule has 0 spiro atoms. The molecule has 2 aromatic carbocycles. The van der Waals surface area contributed by atoms with Gasteiger partial charge in [-0.05, 0) is 42.0 Å². The molecule has 106 valence electrons. The highest BCUT2D eigenvalue weighted by atomic mass is 35.5. The molecule has 0 saturated carbocycles. The monoisotopic (exact) mass is 302 g/mol. The van der Waals surface area contributed by atoms with Crippen LogP contribution in [0.25, 0.3) is 6.08 Å². The van der Waals surface area contributed by atoms with Gasteiger partial charge in [-0.2, -0.15) is 0 Å². The number of carboxylic acid groups (broad SMARTS) is 1. The number of carbonyl (C=O) groups is 2. The minimum absolute atomic E-state index is 0.190. The number of carbonyl (C=O) groups excluding carboxylic acids is 1. The highest BCUT2D eigenvalue weighted by Crippen LogP contribution is 2.19. The van der Waals surface area contributed by atoms with E-state index < -0.39 is 5.97 Å². The third kappa shape index (κ3) is 3.70. The number of rotatable bonds is 4. The van der Waals surface area contributed by atoms with Crippen molar-refractivity contribution in [1.29, 1.82) is 0 Å². The maximum atomic E-state index is 12.0. The van der Waals surface area contributed by atoms with E-state index in [1.807, 2.05) is 0 Å². The maximum absolute atomic E-state index is 12.0. The average molecular weight is 303 g/mol. The Kier molecular flexibility index (Phi) is 4.40. The molecule has 5 heteroatoms. The van der Waals surface area contributed by atoms with Crippen LogP contribution in [0, 0.1) is 0 Å². The second kappa shape index (κ2) is 6.24. The van der Waals surface area contributed by atoms with Crippen LogP contribution >= 0.6 is 11.6 Å². The summed E-state index contributed by atoms with van der Waals surface area (Å²) in [5.74, 6) is -2.02. The summed E-state index contributed by atoms with van der Waals surface area (Å²) in [5.41, 5.74) is 0.682. The number of benzene rings is 2. The number of aromatic carboxylic acids is 1. The van der Waals surface area contributed by atoms with Gasteiger partial charge in [0.1, 0.15) is 11.3 Å². The van der Waals surface area contributed by atoms with E-state index in [0.717, 1.165) is 11.6 Å². The van der Waals surface area contributed by atoms with Crippen molar-refractivity contribution in [1.82, 2.24) is 0 Å². The lowest BCUT2D eigenvalue weighted by Gasteiger charge is -2.01. The first-order valence-electron chi connectivity index (χ1n) is 6.01. The summed E-state index contributed by atoms with van der Waals surface area (Å²) in [6.45, 7) is 0. The standard InChI is InChI=1S/C16H11ClO4/c17-12-5-1-10(2-6-12)3-7-14(18)11-4-8-15(19)13(9-11)16(20)21/h1-9,19H,(H,20,21). The highest BCUT2D eigenvalue weighted by Gasteiger charge is 2.12. The van der Waals surface area contributed by atoms with Crippen LogP contribution in [0.1, 0.15) is 26.3 Å². The molecular weight excluding hydrogens is 292 g/mol. The zero-order valence-electron chi connectivity index (χ0n) is 10.8. The fourth-order valence-corrected chi connectivity index (χ4v) is 1.83. The van der Waals surface area contributed by atoms with Gasteiger partial charge >= 0.3 is 5.97 Å². The van der Waals surface area contributed by atoms with E-state index in [1.165, 1.54) is 18.2 Å². The Labute approximate surface area is 125 Å². The molecule has 2 rings (SSSR count). The second-order valence-corrected chi connectivity index (χ2v) is 4.72. The first-order valence-corrected chi connectivity index (χ1v) is 6.39. The van der Waals surface area contributed by atoms with E-state index in [4.69, 9.17) is 16.7 Å². The Morgan fingerprint density at radius 2 is 1.71 bits per heavy atom. The number of phenols is 1. The van der Waals surface area contributed by atoms with Gasteiger partial charge in [-0.25, -0.2) is 4.79 Å². The van der Waals surface area contributed by atoms with Crippen molar-refractivity contribution in [3.63, 3.8) is 0 Å². The van der Waals surface area contributed by atoms with Crippen molar-refractivity contribution in [2.45, 2.75) is 0 Å². The molecule has 21 heavy (non-hydrogen) atoms. The SMILES string of the molecule is O=C(C=Cc1ccc(Cl)cc1)c1ccc(O)c(C(=O)O)c1. The molecule has 0 saturated heterocycles. The molecule has 0 radical (unpaired) electrons. The summed E-state index contributed by atoms with van der Waals surface area (Å²) in [7, 11) is 0. The van der Waals surface area contributed by atoms with Crippen molar-refractivity contribution < 1.29 is 19.8 Å². The summed E-state index contributed by atoms with van der Waals surface area (Å²) in [6.07, 6.45) is 2.94. The van der Waals surface area contributed by atoms with Crippen LogP contribution in [0.15, 0.2) is 48.5 Å². The number of ketones is 1. The Morgan fingerprint density at radius 3 is 2.33 bits per heavy atom. The molecule has 0 amide bonds. The minimum Gasteiger partial charge on any atom is -0.507 e. The molecule has 4 nitrogen and oxygen atoms in total. The largest absolute Gasteiger partial charge is 0.507 e. The van der Waals surface area contributed by atoms with Crippen LogP contribution in [0.4, 0.5) is 0 Å². The molecule has 0 aliphatic heterocycles. The third-order valence-electron chi connectivity index (χ3n) is 2.81. The minimum atomic E-state index is -1.29. The van der Waals surface area contributed by atoms with Crippen molar-refractivity contribution >= 4 is 29.4 Å². The van der Waals surface area contributed by atoms with E-state index in [9.17, 15) is 14.7 Å². The fourth-order valence-electron chi connectivity index (χ4n) is 1.70. The molecule has 0 aromatic heterocycles. The number of halogens is 1. The zero-order valence-corrected chi connectivity index (χ0v) is 11.5. The molecular formula is C16H11ClO4. The van der Waals surface area contributed by atoms with Gasteiger partial charge in [0.25, 0.3) is 0 Å². The third-order valence-corrected chi connectivity index (χ3v) is 3.06. The first kappa shape index (κ1) is 14.8. The van der Waals surface area contributed by atoms with Crippen LogP contribution in [-0.4, -0.2) is 22.0 Å². The van der Waals surface area contributed by atoms with Crippen molar-refractivity contribution in [3.8, 4) is 5.75 Å². The summed E-state index contributed by atoms with van der Waals surface area (Å²) < 4.78 is 0. The lowest BCUT2D eigenvalue weighted by atomic mass is 10.1. The van der Waals surface area contributed by atoms with Gasteiger partial charge in [-0.3, -0.25) is 4.79 Å². The van der Waals surface area contributed by atoms with Gasteiger partial charge in [0, 0.05) is 10.6 Å². The molecule has 0 atom stereocenters. The van der Waals surface area contributed by atoms with Crippen LogP contribution in [0.2, 0.25) is 5.02 Å². The quantitative estimate of drug-likeness (QED) is 0.668. The van der Waals surface area contributed by atoms with Gasteiger partial charge in [0.15, 0.2) is 5.78 Å². The zero-order chi connectivity index (χ0) is 15.4. The second-order valence-electron chi connectivity index (χ2n) is 4.29. The fraction of sp³-hybridized carbons (Fsp3) is 0. The average Bonchev–Trinajstić information content (AvgIpc) is 2.46. The van der Waals surface area contributed by atoms with Gasteiger partial charge in [-0.1, -0.05) is 29.8 Å². The highest BCUT2D eigenvalue weighted by molar-refractivity contribution is 6.30. The van der Waals surface area contributed by atoms with E-state index in [2.05, 4.69) is 0 Å². The van der Waals surface area contributed by atoms with E-state index >= 15 is 0 Å². The lowest BCUT2D eigenvalue weighted by molar-refractivity contribution is 0.0693. The molecule has 0 fully saturated rings. The molecule has 0 aliphatic carbocycles. The van der Waals surface area contributed by atoms with Crippen molar-refractivity contribution in [3.05, 3.63) is 70.3 Å². The van der Waals surface area contributed by atoms with Crippen molar-refractivity contribution in [2.24, 2.45) is 0 Å². The molecule has 0 bridgehead atoms. The van der Waals surface area contributed by atoms with E-state index in [1.54, 1.807) is 30.3 Å². The molecule has 0 unspecified atom stereocenters. The maximum Gasteiger partial charge on any atom is 0.339 e. The summed E-state index contributed by atoms with van der Waals surface area (Å²) in [5, 5.41) is 18.9. The Hall–Kier alpha value is -2.59. The van der Waals surface area contributed by atoms with Crippen LogP contribution in [0.5, 0.6) is 5.75 Å². The van der Waals surface area contributed by atoms with Crippen LogP contribution < -0.4 is 0 Å². The number of aromatic hydroxyl groups is 1. The van der Waals surface area contributed by atoms with Gasteiger partial charge in [-0.15, -0.1) is 0 Å². The lowest BCUT2D eigenvalue weighted by Crippen LogP contribution is -2.01. The normalized spacial score (nSPS) is 10.7. The smallest absolute Gasteiger partial charge is 0.339 e. The van der Waals surface area contributed by atoms with Crippen molar-refractivity contribution in [2.75, 3.05) is 0 Å². The number of hydrogen-bond acceptors (Lipinski definition) is 3. The molecule has 0 aliphatic rings. The van der Waals surface area contributed by atoms with Gasteiger partial charge in [0.05, 0.1) is 0 Å². The molecule has 2 aromatic rings. The number of hydrogen-bond donors (Lipinski definition) is 2. The van der Waals surface area contributed by atoms with E-state index in [-0.39, 0.29) is 22.7 Å². The summed E-state index contributed by atoms with van der Waals surface area (Å²) in [4.78, 5) is 22.9. The Balaban J connectivity index is 2.22. The van der Waals surface area contributed by atoms with Crippen LogP contribution in [0.3, 0.4) is 0 Å². The van der Waals surface area contributed by atoms with E-state index in [0.29, 0.717) is 5.02 Å². The van der Waals surface area contributed by atoms with Gasteiger partial charge < -0.3 is 10.2 Å². The number of carboxylic acids is 1.